The lowest BCUT2D eigenvalue weighted by atomic mass is 10.3. The second-order valence-electron chi connectivity index (χ2n) is 2.22. The van der Waals surface area contributed by atoms with Gasteiger partial charge in [0.1, 0.15) is 5.82 Å². The summed E-state index contributed by atoms with van der Waals surface area (Å²) in [6.45, 7) is 0. The van der Waals surface area contributed by atoms with Crippen molar-refractivity contribution in [1.82, 2.24) is 0 Å². The van der Waals surface area contributed by atoms with Crippen molar-refractivity contribution in [2.24, 2.45) is 0 Å². The van der Waals surface area contributed by atoms with E-state index in [1.807, 2.05) is 0 Å². The number of ether oxygens (including phenoxy) is 1. The Kier molecular flexibility index (Phi) is 3.83. The Hall–Kier alpha value is 0.200. The number of benzene rings is 1. The topological polar surface area (TPSA) is 9.23 Å². The van der Waals surface area contributed by atoms with E-state index >= 15 is 0 Å². The molecule has 0 aliphatic carbocycles. The van der Waals surface area contributed by atoms with Gasteiger partial charge < -0.3 is 4.74 Å². The van der Waals surface area contributed by atoms with Crippen LogP contribution in [0.15, 0.2) is 12.1 Å². The fourth-order valence-electron chi connectivity index (χ4n) is 0.718. The molecule has 14 heavy (non-hydrogen) atoms. The van der Waals surface area contributed by atoms with Gasteiger partial charge >= 0.3 is 6.36 Å². The fourth-order valence-corrected chi connectivity index (χ4v) is 2.37. The minimum absolute atomic E-state index is 0.174. The van der Waals surface area contributed by atoms with Crippen LogP contribution in [0.25, 0.3) is 0 Å². The average molecular weight is 432 g/mol. The molecule has 0 fully saturated rings. The second-order valence-corrected chi connectivity index (χ2v) is 4.46. The van der Waals surface area contributed by atoms with E-state index in [2.05, 4.69) is 4.74 Å². The highest BCUT2D eigenvalue weighted by Gasteiger charge is 2.33. The molecule has 0 saturated heterocycles. The van der Waals surface area contributed by atoms with Crippen molar-refractivity contribution in [1.29, 1.82) is 0 Å². The predicted octanol–water partition coefficient (Wildman–Crippen LogP) is 3.93. The van der Waals surface area contributed by atoms with Crippen molar-refractivity contribution < 1.29 is 22.3 Å². The first kappa shape index (κ1) is 12.3. The SMILES string of the molecule is Fc1ccc(I)c(OC(F)(F)F)c1I. The number of halogens is 6. The summed E-state index contributed by atoms with van der Waals surface area (Å²) in [5.41, 5.74) is 0. The Morgan fingerprint density at radius 2 is 1.71 bits per heavy atom. The van der Waals surface area contributed by atoms with E-state index in [4.69, 9.17) is 0 Å². The number of hydrogen-bond acceptors (Lipinski definition) is 1. The molecule has 0 atom stereocenters. The van der Waals surface area contributed by atoms with Gasteiger partial charge in [-0.15, -0.1) is 13.2 Å². The van der Waals surface area contributed by atoms with Gasteiger partial charge in [-0.2, -0.15) is 0 Å². The van der Waals surface area contributed by atoms with Crippen molar-refractivity contribution in [2.45, 2.75) is 6.36 Å². The van der Waals surface area contributed by atoms with Gasteiger partial charge in [0.2, 0.25) is 0 Å². The van der Waals surface area contributed by atoms with Gasteiger partial charge in [0.15, 0.2) is 5.75 Å². The third kappa shape index (κ3) is 3.11. The van der Waals surface area contributed by atoms with Crippen LogP contribution >= 0.6 is 45.2 Å². The highest BCUT2D eigenvalue weighted by atomic mass is 127. The summed E-state index contributed by atoms with van der Waals surface area (Å²) in [6, 6.07) is 2.31. The van der Waals surface area contributed by atoms with Gasteiger partial charge in [-0.1, -0.05) is 0 Å². The second kappa shape index (κ2) is 4.37. The van der Waals surface area contributed by atoms with Crippen molar-refractivity contribution in [2.75, 3.05) is 0 Å². The first-order valence-electron chi connectivity index (χ1n) is 3.20. The normalized spacial score (nSPS) is 11.6. The Morgan fingerprint density at radius 1 is 1.14 bits per heavy atom. The van der Waals surface area contributed by atoms with Gasteiger partial charge in [0, 0.05) is 0 Å². The molecule has 1 rings (SSSR count). The van der Waals surface area contributed by atoms with Crippen molar-refractivity contribution >= 4 is 45.2 Å². The van der Waals surface area contributed by atoms with Crippen LogP contribution in [0.3, 0.4) is 0 Å². The first-order chi connectivity index (χ1) is 6.31. The number of alkyl halides is 3. The Labute approximate surface area is 104 Å². The van der Waals surface area contributed by atoms with Crippen LogP contribution in [0.4, 0.5) is 17.6 Å². The molecule has 0 unspecified atom stereocenters. The lowest BCUT2D eigenvalue weighted by Crippen LogP contribution is -2.18. The molecule has 0 spiro atoms. The summed E-state index contributed by atoms with van der Waals surface area (Å²) in [7, 11) is 0. The van der Waals surface area contributed by atoms with Crippen LogP contribution in [0, 0.1) is 13.0 Å². The smallest absolute Gasteiger partial charge is 0.403 e. The Morgan fingerprint density at radius 3 is 2.21 bits per heavy atom. The van der Waals surface area contributed by atoms with Crippen molar-refractivity contribution in [3.8, 4) is 5.75 Å². The molecule has 0 amide bonds. The highest BCUT2D eigenvalue weighted by Crippen LogP contribution is 2.33. The molecule has 0 bridgehead atoms. The zero-order valence-electron chi connectivity index (χ0n) is 6.33. The minimum atomic E-state index is -4.80. The van der Waals surface area contributed by atoms with Crippen LogP contribution < -0.4 is 4.74 Å². The van der Waals surface area contributed by atoms with Gasteiger partial charge in [0.25, 0.3) is 0 Å². The maximum absolute atomic E-state index is 12.9. The van der Waals surface area contributed by atoms with Gasteiger partial charge in [-0.3, -0.25) is 0 Å². The summed E-state index contributed by atoms with van der Waals surface area (Å²) >= 11 is 3.11. The molecule has 0 heterocycles. The summed E-state index contributed by atoms with van der Waals surface area (Å²) in [6.07, 6.45) is -4.80. The molecule has 7 heteroatoms. The van der Waals surface area contributed by atoms with E-state index in [1.54, 1.807) is 22.6 Å². The predicted molar refractivity (Wildman–Crippen MR) is 58.5 cm³/mol. The van der Waals surface area contributed by atoms with E-state index < -0.39 is 17.9 Å². The monoisotopic (exact) mass is 432 g/mol. The van der Waals surface area contributed by atoms with E-state index in [0.29, 0.717) is 0 Å². The Balaban J connectivity index is 3.13. The van der Waals surface area contributed by atoms with Gasteiger partial charge in [-0.05, 0) is 57.3 Å². The van der Waals surface area contributed by atoms with Crippen LogP contribution in [0.2, 0.25) is 0 Å². The lowest BCUT2D eigenvalue weighted by molar-refractivity contribution is -0.275. The number of hydrogen-bond donors (Lipinski definition) is 0. The molecule has 0 saturated carbocycles. The quantitative estimate of drug-likeness (QED) is 0.372. The number of rotatable bonds is 1. The lowest BCUT2D eigenvalue weighted by Gasteiger charge is -2.12. The first-order valence-corrected chi connectivity index (χ1v) is 5.36. The highest BCUT2D eigenvalue weighted by molar-refractivity contribution is 14.1. The van der Waals surface area contributed by atoms with Crippen LogP contribution in [0.1, 0.15) is 0 Å². The van der Waals surface area contributed by atoms with Crippen molar-refractivity contribution in [3.63, 3.8) is 0 Å². The van der Waals surface area contributed by atoms with Gasteiger partial charge in [-0.25, -0.2) is 4.39 Å². The average Bonchev–Trinajstić information content (AvgIpc) is 2.04. The minimum Gasteiger partial charge on any atom is -0.403 e. The molecule has 1 nitrogen and oxygen atoms in total. The van der Waals surface area contributed by atoms with E-state index in [0.717, 1.165) is 6.07 Å². The summed E-state index contributed by atoms with van der Waals surface area (Å²) in [4.78, 5) is 0. The van der Waals surface area contributed by atoms with E-state index in [1.165, 1.54) is 28.7 Å². The summed E-state index contributed by atoms with van der Waals surface area (Å²) < 4.78 is 52.2. The summed E-state index contributed by atoms with van der Waals surface area (Å²) in [5, 5.41) is 0. The van der Waals surface area contributed by atoms with Crippen molar-refractivity contribution in [3.05, 3.63) is 25.1 Å². The van der Waals surface area contributed by atoms with Crippen LogP contribution in [-0.2, 0) is 0 Å². The molecule has 1 aromatic rings. The molecular formula is C7H2F4I2O. The summed E-state index contributed by atoms with van der Waals surface area (Å²) in [5.74, 6) is -1.22. The molecule has 1 aromatic carbocycles. The van der Waals surface area contributed by atoms with E-state index in [9.17, 15) is 17.6 Å². The molecular weight excluding hydrogens is 430 g/mol. The maximum atomic E-state index is 12.9. The zero-order chi connectivity index (χ0) is 10.9. The standard InChI is InChI=1S/C7H2F4I2O/c8-3-1-2-4(12)6(5(3)13)14-7(9,10)11/h1-2H. The molecule has 0 aromatic heterocycles. The third-order valence-electron chi connectivity index (χ3n) is 1.22. The molecule has 0 aliphatic rings. The van der Waals surface area contributed by atoms with Crippen LogP contribution in [-0.4, -0.2) is 6.36 Å². The van der Waals surface area contributed by atoms with E-state index in [-0.39, 0.29) is 7.14 Å². The zero-order valence-corrected chi connectivity index (χ0v) is 10.6. The fraction of sp³-hybridized carbons (Fsp3) is 0.143. The van der Waals surface area contributed by atoms with Gasteiger partial charge in [0.05, 0.1) is 7.14 Å². The molecule has 0 N–H and O–H groups in total. The third-order valence-corrected chi connectivity index (χ3v) is 3.07. The van der Waals surface area contributed by atoms with Crippen LogP contribution in [0.5, 0.6) is 5.75 Å². The Bertz CT molecular complexity index is 350. The maximum Gasteiger partial charge on any atom is 0.573 e. The largest absolute Gasteiger partial charge is 0.573 e. The molecule has 0 aliphatic heterocycles. The molecule has 78 valence electrons. The molecule has 0 radical (unpaired) electrons.